The minimum absolute atomic E-state index is 0.202. The zero-order valence-electron chi connectivity index (χ0n) is 8.46. The largest absolute Gasteiger partial charge is 0.317 e. The van der Waals surface area contributed by atoms with E-state index in [2.05, 4.69) is 5.32 Å². The van der Waals surface area contributed by atoms with Crippen molar-refractivity contribution < 1.29 is 4.79 Å². The van der Waals surface area contributed by atoms with Crippen molar-refractivity contribution in [3.63, 3.8) is 0 Å². The van der Waals surface area contributed by atoms with Gasteiger partial charge in [-0.1, -0.05) is 11.6 Å². The fourth-order valence-electron chi connectivity index (χ4n) is 1.95. The Bertz CT molecular complexity index is 344. The number of nitrogens with one attached hydrogen (secondary N) is 1. The third kappa shape index (κ3) is 2.80. The van der Waals surface area contributed by atoms with Crippen molar-refractivity contribution in [3.05, 3.63) is 21.3 Å². The van der Waals surface area contributed by atoms with Gasteiger partial charge in [0.25, 0.3) is 0 Å². The minimum Gasteiger partial charge on any atom is -0.317 e. The zero-order valence-corrected chi connectivity index (χ0v) is 10.0. The Morgan fingerprint density at radius 1 is 1.53 bits per heavy atom. The van der Waals surface area contributed by atoms with Crippen LogP contribution in [0.5, 0.6) is 0 Å². The monoisotopic (exact) mass is 243 g/mol. The smallest absolute Gasteiger partial charge is 0.165 e. The Hall–Kier alpha value is -0.380. The van der Waals surface area contributed by atoms with Crippen LogP contribution in [-0.2, 0) is 0 Å². The molecule has 0 radical (unpaired) electrons. The van der Waals surface area contributed by atoms with Gasteiger partial charge < -0.3 is 5.32 Å². The molecule has 2 heterocycles. The number of rotatable bonds is 3. The van der Waals surface area contributed by atoms with Crippen LogP contribution in [0.3, 0.4) is 0 Å². The molecule has 82 valence electrons. The molecule has 1 aromatic rings. The Labute approximate surface area is 98.6 Å². The van der Waals surface area contributed by atoms with E-state index in [1.807, 2.05) is 11.4 Å². The summed E-state index contributed by atoms with van der Waals surface area (Å²) in [6.07, 6.45) is 2.86. The summed E-state index contributed by atoms with van der Waals surface area (Å²) in [7, 11) is 0. The van der Waals surface area contributed by atoms with Gasteiger partial charge in [-0.3, -0.25) is 4.79 Å². The van der Waals surface area contributed by atoms with E-state index in [0.29, 0.717) is 22.2 Å². The number of hydrogen-bond acceptors (Lipinski definition) is 3. The quantitative estimate of drug-likeness (QED) is 0.827. The van der Waals surface area contributed by atoms with Crippen LogP contribution < -0.4 is 5.32 Å². The molecular formula is C11H14ClNOS. The summed E-state index contributed by atoms with van der Waals surface area (Å²) in [4.78, 5) is 11.9. The molecule has 0 unspecified atom stereocenters. The van der Waals surface area contributed by atoms with E-state index in [4.69, 9.17) is 11.6 Å². The van der Waals surface area contributed by atoms with Gasteiger partial charge in [-0.25, -0.2) is 0 Å². The van der Waals surface area contributed by atoms with Crippen molar-refractivity contribution in [1.29, 1.82) is 0 Å². The van der Waals surface area contributed by atoms with Gasteiger partial charge in [0.05, 0.1) is 0 Å². The van der Waals surface area contributed by atoms with Crippen LogP contribution in [0.2, 0.25) is 4.34 Å². The highest BCUT2D eigenvalue weighted by Crippen LogP contribution is 2.26. The molecular weight excluding hydrogens is 230 g/mol. The van der Waals surface area contributed by atoms with E-state index in [-0.39, 0.29) is 5.78 Å². The maximum absolute atomic E-state index is 11.9. The molecule has 0 saturated carbocycles. The summed E-state index contributed by atoms with van der Waals surface area (Å²) in [5, 5.41) is 5.17. The van der Waals surface area contributed by atoms with E-state index in [0.717, 1.165) is 25.9 Å². The predicted octanol–water partition coefficient (Wildman–Crippen LogP) is 2.97. The van der Waals surface area contributed by atoms with Crippen LogP contribution in [0.15, 0.2) is 11.4 Å². The predicted molar refractivity (Wildman–Crippen MR) is 63.9 cm³/mol. The van der Waals surface area contributed by atoms with Crippen molar-refractivity contribution in [2.45, 2.75) is 19.3 Å². The average molecular weight is 244 g/mol. The molecule has 0 spiro atoms. The first-order chi connectivity index (χ1) is 7.27. The number of Topliss-reactive ketones (excluding diaryl/α,β-unsaturated/α-hetero) is 1. The number of carbonyl (C=O) groups excluding carboxylic acids is 1. The van der Waals surface area contributed by atoms with Crippen LogP contribution in [-0.4, -0.2) is 18.9 Å². The summed E-state index contributed by atoms with van der Waals surface area (Å²) in [5.41, 5.74) is 0.709. The van der Waals surface area contributed by atoms with Gasteiger partial charge >= 0.3 is 0 Å². The topological polar surface area (TPSA) is 29.1 Å². The number of halogens is 1. The summed E-state index contributed by atoms with van der Waals surface area (Å²) in [5.74, 6) is 0.739. The Morgan fingerprint density at radius 3 is 2.87 bits per heavy atom. The Balaban J connectivity index is 1.94. The first-order valence-corrected chi connectivity index (χ1v) is 6.50. The summed E-state index contributed by atoms with van der Waals surface area (Å²) in [6.45, 7) is 2.07. The molecule has 0 aliphatic carbocycles. The second kappa shape index (κ2) is 5.10. The Kier molecular flexibility index (Phi) is 3.78. The lowest BCUT2D eigenvalue weighted by molar-refractivity contribution is 0.0953. The molecule has 15 heavy (non-hydrogen) atoms. The molecule has 2 nitrogen and oxygen atoms in total. The van der Waals surface area contributed by atoms with Crippen LogP contribution in [0.4, 0.5) is 0 Å². The maximum atomic E-state index is 11.9. The lowest BCUT2D eigenvalue weighted by Crippen LogP contribution is -2.28. The van der Waals surface area contributed by atoms with Gasteiger partial charge in [0.15, 0.2) is 5.78 Å². The molecule has 1 aromatic heterocycles. The summed E-state index contributed by atoms with van der Waals surface area (Å²) in [6, 6.07) is 1.83. The number of piperidine rings is 1. The van der Waals surface area contributed by atoms with Gasteiger partial charge in [-0.05, 0) is 43.3 Å². The number of hydrogen-bond donors (Lipinski definition) is 1. The van der Waals surface area contributed by atoms with Gasteiger partial charge in [-0.2, -0.15) is 0 Å². The minimum atomic E-state index is 0.202. The van der Waals surface area contributed by atoms with Crippen molar-refractivity contribution >= 4 is 28.7 Å². The standard InChI is InChI=1S/C11H14ClNOS/c12-11-9(3-6-15-11)10(14)7-8-1-4-13-5-2-8/h3,6,8,13H,1-2,4-5,7H2. The highest BCUT2D eigenvalue weighted by Gasteiger charge is 2.19. The number of ketones is 1. The lowest BCUT2D eigenvalue weighted by Gasteiger charge is -2.21. The molecule has 4 heteroatoms. The molecule has 1 N–H and O–H groups in total. The highest BCUT2D eigenvalue weighted by atomic mass is 35.5. The first kappa shape index (κ1) is 11.1. The average Bonchev–Trinajstić information content (AvgIpc) is 2.66. The lowest BCUT2D eigenvalue weighted by atomic mass is 9.91. The van der Waals surface area contributed by atoms with E-state index in [1.54, 1.807) is 0 Å². The second-order valence-corrected chi connectivity index (χ2v) is 5.45. The molecule has 1 fully saturated rings. The van der Waals surface area contributed by atoms with Gasteiger partial charge in [0.2, 0.25) is 0 Å². The molecule has 0 atom stereocenters. The van der Waals surface area contributed by atoms with Crippen LogP contribution in [0.1, 0.15) is 29.6 Å². The molecule has 2 rings (SSSR count). The summed E-state index contributed by atoms with van der Waals surface area (Å²) >= 11 is 7.36. The molecule has 0 amide bonds. The van der Waals surface area contributed by atoms with Crippen molar-refractivity contribution in [2.24, 2.45) is 5.92 Å². The fraction of sp³-hybridized carbons (Fsp3) is 0.545. The van der Waals surface area contributed by atoms with Crippen LogP contribution >= 0.6 is 22.9 Å². The van der Waals surface area contributed by atoms with Gasteiger partial charge in [-0.15, -0.1) is 11.3 Å². The Morgan fingerprint density at radius 2 is 2.27 bits per heavy atom. The number of thiophene rings is 1. The summed E-state index contributed by atoms with van der Waals surface area (Å²) < 4.78 is 0.633. The molecule has 1 saturated heterocycles. The first-order valence-electron chi connectivity index (χ1n) is 5.24. The van der Waals surface area contributed by atoms with Gasteiger partial charge in [0, 0.05) is 12.0 Å². The normalized spacial score (nSPS) is 17.9. The SMILES string of the molecule is O=C(CC1CCNCC1)c1ccsc1Cl. The molecule has 0 bridgehead atoms. The van der Waals surface area contributed by atoms with Crippen molar-refractivity contribution in [1.82, 2.24) is 5.32 Å². The third-order valence-corrected chi connectivity index (χ3v) is 4.02. The van der Waals surface area contributed by atoms with E-state index in [9.17, 15) is 4.79 Å². The third-order valence-electron chi connectivity index (χ3n) is 2.85. The fourth-order valence-corrected chi connectivity index (χ4v) is 2.91. The molecule has 1 aliphatic rings. The van der Waals surface area contributed by atoms with E-state index in [1.165, 1.54) is 11.3 Å². The second-order valence-electron chi connectivity index (χ2n) is 3.93. The van der Waals surface area contributed by atoms with Crippen molar-refractivity contribution in [3.8, 4) is 0 Å². The maximum Gasteiger partial charge on any atom is 0.165 e. The van der Waals surface area contributed by atoms with Crippen LogP contribution in [0.25, 0.3) is 0 Å². The van der Waals surface area contributed by atoms with E-state index < -0.39 is 0 Å². The van der Waals surface area contributed by atoms with E-state index >= 15 is 0 Å². The molecule has 1 aliphatic heterocycles. The van der Waals surface area contributed by atoms with Gasteiger partial charge in [0.1, 0.15) is 4.34 Å². The zero-order chi connectivity index (χ0) is 10.7. The van der Waals surface area contributed by atoms with Crippen LogP contribution in [0, 0.1) is 5.92 Å². The van der Waals surface area contributed by atoms with Crippen molar-refractivity contribution in [2.75, 3.05) is 13.1 Å². The molecule has 0 aromatic carbocycles. The number of carbonyl (C=O) groups is 1. The highest BCUT2D eigenvalue weighted by molar-refractivity contribution is 7.14.